The number of thiazole rings is 1. The molecule has 0 bridgehead atoms. The summed E-state index contributed by atoms with van der Waals surface area (Å²) in [6.07, 6.45) is 7.95. The Balaban J connectivity index is 1.60. The molecule has 3 aromatic rings. The zero-order valence-corrected chi connectivity index (χ0v) is 11.5. The molecule has 0 unspecified atom stereocenters. The molecule has 0 aromatic carbocycles. The Morgan fingerprint density at radius 2 is 2.20 bits per heavy atom. The van der Waals surface area contributed by atoms with E-state index in [1.807, 2.05) is 23.7 Å². The highest BCUT2D eigenvalue weighted by molar-refractivity contribution is 7.15. The standard InChI is InChI=1S/C14H13N3O2S/c18-10-12-13(16-14-17(12)7-9-20-14)19-8-1-2-11-3-5-15-6-4-11/h3-7,9-10H,1-2,8H2. The molecule has 6 heteroatoms. The summed E-state index contributed by atoms with van der Waals surface area (Å²) in [4.78, 5) is 20.2. The maximum Gasteiger partial charge on any atom is 0.244 e. The quantitative estimate of drug-likeness (QED) is 0.516. The Hall–Kier alpha value is -2.21. The molecular formula is C14H13N3O2S. The van der Waals surface area contributed by atoms with Crippen molar-refractivity contribution in [1.82, 2.24) is 14.4 Å². The fraction of sp³-hybridized carbons (Fsp3) is 0.214. The number of aromatic nitrogens is 3. The molecule has 0 N–H and O–H groups in total. The van der Waals surface area contributed by atoms with E-state index in [2.05, 4.69) is 9.97 Å². The topological polar surface area (TPSA) is 56.5 Å². The van der Waals surface area contributed by atoms with Crippen LogP contribution in [0.1, 0.15) is 22.5 Å². The Labute approximate surface area is 119 Å². The summed E-state index contributed by atoms with van der Waals surface area (Å²) in [6, 6.07) is 3.98. The van der Waals surface area contributed by atoms with Gasteiger partial charge in [-0.1, -0.05) is 0 Å². The van der Waals surface area contributed by atoms with Gasteiger partial charge >= 0.3 is 0 Å². The molecule has 3 rings (SSSR count). The van der Waals surface area contributed by atoms with Crippen LogP contribution in [0.4, 0.5) is 0 Å². The number of hydrogen-bond acceptors (Lipinski definition) is 5. The lowest BCUT2D eigenvalue weighted by Gasteiger charge is -2.03. The number of rotatable bonds is 6. The summed E-state index contributed by atoms with van der Waals surface area (Å²) in [6.45, 7) is 0.536. The average Bonchev–Trinajstić information content (AvgIpc) is 3.05. The number of aldehydes is 1. The molecular weight excluding hydrogens is 274 g/mol. The van der Waals surface area contributed by atoms with Crippen molar-refractivity contribution in [2.75, 3.05) is 6.61 Å². The van der Waals surface area contributed by atoms with E-state index in [0.29, 0.717) is 18.2 Å². The van der Waals surface area contributed by atoms with Gasteiger partial charge in [-0.25, -0.2) is 0 Å². The van der Waals surface area contributed by atoms with E-state index in [1.165, 1.54) is 16.9 Å². The number of pyridine rings is 1. The molecule has 3 aromatic heterocycles. The second-order valence-corrected chi connectivity index (χ2v) is 5.16. The van der Waals surface area contributed by atoms with Gasteiger partial charge in [-0.3, -0.25) is 14.2 Å². The van der Waals surface area contributed by atoms with Crippen molar-refractivity contribution in [2.45, 2.75) is 12.8 Å². The van der Waals surface area contributed by atoms with Crippen LogP contribution in [-0.4, -0.2) is 27.3 Å². The zero-order valence-electron chi connectivity index (χ0n) is 10.7. The van der Waals surface area contributed by atoms with Crippen LogP contribution < -0.4 is 4.74 Å². The number of aryl methyl sites for hydroxylation is 1. The van der Waals surface area contributed by atoms with Crippen LogP contribution in [0.5, 0.6) is 5.88 Å². The van der Waals surface area contributed by atoms with Crippen LogP contribution in [0.3, 0.4) is 0 Å². The first kappa shape index (κ1) is 12.8. The van der Waals surface area contributed by atoms with Gasteiger partial charge in [0.05, 0.1) is 6.61 Å². The van der Waals surface area contributed by atoms with Crippen molar-refractivity contribution in [3.63, 3.8) is 0 Å². The molecule has 0 amide bonds. The number of carbonyl (C=O) groups is 1. The minimum atomic E-state index is 0.418. The normalized spacial score (nSPS) is 10.8. The van der Waals surface area contributed by atoms with Crippen LogP contribution in [0.2, 0.25) is 0 Å². The molecule has 0 saturated heterocycles. The number of nitrogens with zero attached hydrogens (tertiary/aromatic N) is 3. The van der Waals surface area contributed by atoms with Crippen molar-refractivity contribution < 1.29 is 9.53 Å². The van der Waals surface area contributed by atoms with Gasteiger partial charge in [0.1, 0.15) is 0 Å². The van der Waals surface area contributed by atoms with E-state index in [-0.39, 0.29) is 0 Å². The number of hydrogen-bond donors (Lipinski definition) is 0. The first-order valence-electron chi connectivity index (χ1n) is 6.31. The Bertz CT molecular complexity index is 706. The lowest BCUT2D eigenvalue weighted by Crippen LogP contribution is -2.02. The van der Waals surface area contributed by atoms with Gasteiger partial charge in [0, 0.05) is 24.0 Å². The summed E-state index contributed by atoms with van der Waals surface area (Å²) in [7, 11) is 0. The Morgan fingerprint density at radius 1 is 1.35 bits per heavy atom. The minimum Gasteiger partial charge on any atom is -0.476 e. The van der Waals surface area contributed by atoms with Crippen LogP contribution in [-0.2, 0) is 6.42 Å². The van der Waals surface area contributed by atoms with Crippen LogP contribution in [0, 0.1) is 0 Å². The first-order chi connectivity index (χ1) is 9.88. The summed E-state index contributed by atoms with van der Waals surface area (Å²) < 4.78 is 7.37. The first-order valence-corrected chi connectivity index (χ1v) is 7.19. The van der Waals surface area contributed by atoms with E-state index < -0.39 is 0 Å². The van der Waals surface area contributed by atoms with Gasteiger partial charge in [-0.15, -0.1) is 11.3 Å². The molecule has 0 aliphatic carbocycles. The molecule has 0 aliphatic heterocycles. The van der Waals surface area contributed by atoms with Gasteiger partial charge in [0.25, 0.3) is 0 Å². The summed E-state index contributed by atoms with van der Waals surface area (Å²) in [5.74, 6) is 0.418. The number of carbonyl (C=O) groups excluding carboxylic acids is 1. The summed E-state index contributed by atoms with van der Waals surface area (Å²) in [5.41, 5.74) is 1.70. The third-order valence-corrected chi connectivity index (χ3v) is 3.73. The third kappa shape index (κ3) is 2.55. The molecule has 0 aliphatic rings. The lowest BCUT2D eigenvalue weighted by atomic mass is 10.1. The highest BCUT2D eigenvalue weighted by atomic mass is 32.1. The maximum atomic E-state index is 11.1. The molecule has 0 atom stereocenters. The summed E-state index contributed by atoms with van der Waals surface area (Å²) in [5, 5.41) is 1.89. The van der Waals surface area contributed by atoms with Gasteiger partial charge in [0.2, 0.25) is 5.88 Å². The molecule has 0 spiro atoms. The zero-order chi connectivity index (χ0) is 13.8. The minimum absolute atomic E-state index is 0.418. The van der Waals surface area contributed by atoms with Gasteiger partial charge in [-0.05, 0) is 30.5 Å². The molecule has 5 nitrogen and oxygen atoms in total. The third-order valence-electron chi connectivity index (χ3n) is 2.97. The van der Waals surface area contributed by atoms with Crippen LogP contribution in [0.15, 0.2) is 36.1 Å². The van der Waals surface area contributed by atoms with Gasteiger partial charge < -0.3 is 4.74 Å². The van der Waals surface area contributed by atoms with Crippen molar-refractivity contribution in [1.29, 1.82) is 0 Å². The predicted molar refractivity (Wildman–Crippen MR) is 76.5 cm³/mol. The van der Waals surface area contributed by atoms with Crippen LogP contribution >= 0.6 is 11.3 Å². The van der Waals surface area contributed by atoms with Crippen LogP contribution in [0.25, 0.3) is 4.96 Å². The van der Waals surface area contributed by atoms with E-state index in [4.69, 9.17) is 4.74 Å². The highest BCUT2D eigenvalue weighted by Gasteiger charge is 2.13. The monoisotopic (exact) mass is 287 g/mol. The SMILES string of the molecule is O=Cc1c(OCCCc2ccncc2)nc2sccn12. The van der Waals surface area contributed by atoms with E-state index in [1.54, 1.807) is 16.8 Å². The maximum absolute atomic E-state index is 11.1. The number of fused-ring (bicyclic) bond motifs is 1. The fourth-order valence-electron chi connectivity index (χ4n) is 1.99. The van der Waals surface area contributed by atoms with Crippen molar-refractivity contribution in [3.8, 4) is 5.88 Å². The van der Waals surface area contributed by atoms with E-state index in [9.17, 15) is 4.79 Å². The lowest BCUT2D eigenvalue weighted by molar-refractivity contribution is 0.111. The number of ether oxygens (including phenoxy) is 1. The molecule has 0 saturated carbocycles. The summed E-state index contributed by atoms with van der Waals surface area (Å²) >= 11 is 1.48. The van der Waals surface area contributed by atoms with Crippen molar-refractivity contribution in [2.24, 2.45) is 0 Å². The average molecular weight is 287 g/mol. The second kappa shape index (κ2) is 5.83. The predicted octanol–water partition coefficient (Wildman–Crippen LogP) is 2.61. The molecule has 0 fully saturated rings. The molecule has 20 heavy (non-hydrogen) atoms. The fourth-order valence-corrected chi connectivity index (χ4v) is 2.70. The highest BCUT2D eigenvalue weighted by Crippen LogP contribution is 2.21. The Morgan fingerprint density at radius 3 is 3.00 bits per heavy atom. The number of imidazole rings is 1. The smallest absolute Gasteiger partial charge is 0.244 e. The van der Waals surface area contributed by atoms with Gasteiger partial charge in [0.15, 0.2) is 16.9 Å². The van der Waals surface area contributed by atoms with Crippen molar-refractivity contribution >= 4 is 22.6 Å². The van der Waals surface area contributed by atoms with E-state index in [0.717, 1.165) is 24.1 Å². The molecule has 0 radical (unpaired) electrons. The van der Waals surface area contributed by atoms with E-state index >= 15 is 0 Å². The Kier molecular flexibility index (Phi) is 3.73. The molecule has 102 valence electrons. The molecule has 3 heterocycles. The second-order valence-electron chi connectivity index (χ2n) is 4.28. The van der Waals surface area contributed by atoms with Gasteiger partial charge in [-0.2, -0.15) is 4.98 Å². The van der Waals surface area contributed by atoms with Crippen molar-refractivity contribution in [3.05, 3.63) is 47.4 Å². The largest absolute Gasteiger partial charge is 0.476 e.